The number of amides is 2. The summed E-state index contributed by atoms with van der Waals surface area (Å²) < 4.78 is 0. The first-order valence-corrected chi connectivity index (χ1v) is 8.54. The molecule has 1 aliphatic carbocycles. The van der Waals surface area contributed by atoms with Crippen LogP contribution in [0.1, 0.15) is 33.6 Å². The average molecular weight is 317 g/mol. The molecule has 5 nitrogen and oxygen atoms in total. The summed E-state index contributed by atoms with van der Waals surface area (Å²) in [6.07, 6.45) is 1.56. The van der Waals surface area contributed by atoms with Gasteiger partial charge in [0.05, 0.1) is 11.8 Å². The fraction of sp³-hybridized carbons (Fsp3) is 0.556. The van der Waals surface area contributed by atoms with Crippen LogP contribution >= 0.6 is 0 Å². The van der Waals surface area contributed by atoms with Crippen molar-refractivity contribution >= 4 is 23.2 Å². The van der Waals surface area contributed by atoms with Crippen LogP contribution in [0.25, 0.3) is 0 Å². The van der Waals surface area contributed by atoms with Crippen molar-refractivity contribution in [2.45, 2.75) is 33.6 Å². The van der Waals surface area contributed by atoms with Crippen molar-refractivity contribution in [2.75, 3.05) is 29.9 Å². The lowest BCUT2D eigenvalue weighted by Gasteiger charge is -2.21. The molecular weight excluding hydrogens is 290 g/mol. The second kappa shape index (κ2) is 7.99. The van der Waals surface area contributed by atoms with Crippen LogP contribution in [0.3, 0.4) is 0 Å². The van der Waals surface area contributed by atoms with Crippen molar-refractivity contribution < 1.29 is 9.59 Å². The average Bonchev–Trinajstić information content (AvgIpc) is 3.36. The summed E-state index contributed by atoms with van der Waals surface area (Å²) in [4.78, 5) is 26.3. The smallest absolute Gasteiger partial charge is 0.228 e. The lowest BCUT2D eigenvalue weighted by atomic mass is 10.2. The highest BCUT2D eigenvalue weighted by molar-refractivity contribution is 5.99. The summed E-state index contributed by atoms with van der Waals surface area (Å²) in [7, 11) is 0. The second-order valence-corrected chi connectivity index (χ2v) is 5.95. The van der Waals surface area contributed by atoms with Crippen LogP contribution < -0.4 is 15.5 Å². The Kier molecular flexibility index (Phi) is 6.02. The molecule has 0 saturated heterocycles. The third-order valence-electron chi connectivity index (χ3n) is 4.28. The molecule has 126 valence electrons. The molecule has 2 unspecified atom stereocenters. The van der Waals surface area contributed by atoms with Crippen LogP contribution in [0.5, 0.6) is 0 Å². The number of carbonyl (C=O) groups excluding carboxylic acids is 2. The van der Waals surface area contributed by atoms with Crippen LogP contribution in [-0.2, 0) is 9.59 Å². The molecule has 0 aliphatic heterocycles. The number of carbonyl (C=O) groups is 2. The predicted molar refractivity (Wildman–Crippen MR) is 93.5 cm³/mol. The van der Waals surface area contributed by atoms with E-state index >= 15 is 0 Å². The summed E-state index contributed by atoms with van der Waals surface area (Å²) >= 11 is 0. The monoisotopic (exact) mass is 317 g/mol. The van der Waals surface area contributed by atoms with E-state index in [1.54, 1.807) is 0 Å². The number of nitrogens with zero attached hydrogens (tertiary/aromatic N) is 1. The third kappa shape index (κ3) is 4.47. The molecule has 1 saturated carbocycles. The van der Waals surface area contributed by atoms with Crippen molar-refractivity contribution in [1.29, 1.82) is 0 Å². The maximum atomic E-state index is 12.2. The van der Waals surface area contributed by atoms with E-state index in [2.05, 4.69) is 29.4 Å². The molecule has 2 rings (SSSR count). The van der Waals surface area contributed by atoms with E-state index < -0.39 is 0 Å². The molecule has 0 aromatic heterocycles. The molecule has 5 heteroatoms. The van der Waals surface area contributed by atoms with Gasteiger partial charge in [0.25, 0.3) is 0 Å². The van der Waals surface area contributed by atoms with Gasteiger partial charge in [-0.2, -0.15) is 0 Å². The lowest BCUT2D eigenvalue weighted by Crippen LogP contribution is -2.28. The minimum Gasteiger partial charge on any atom is -0.372 e. The summed E-state index contributed by atoms with van der Waals surface area (Å²) in [5.74, 6) is -0.396. The molecule has 1 fully saturated rings. The second-order valence-electron chi connectivity index (χ2n) is 5.95. The Morgan fingerprint density at radius 1 is 1.04 bits per heavy atom. The Morgan fingerprint density at radius 2 is 1.65 bits per heavy atom. The van der Waals surface area contributed by atoms with Gasteiger partial charge in [-0.15, -0.1) is 0 Å². The van der Waals surface area contributed by atoms with Gasteiger partial charge in [0, 0.05) is 31.0 Å². The number of anilines is 2. The summed E-state index contributed by atoms with van der Waals surface area (Å²) in [5.41, 5.74) is 1.93. The van der Waals surface area contributed by atoms with Crippen molar-refractivity contribution in [2.24, 2.45) is 11.8 Å². The first kappa shape index (κ1) is 17.3. The van der Waals surface area contributed by atoms with Crippen LogP contribution in [0, 0.1) is 11.8 Å². The zero-order chi connectivity index (χ0) is 16.8. The minimum atomic E-state index is -0.186. The number of nitrogens with one attached hydrogen (secondary N) is 2. The van der Waals surface area contributed by atoms with E-state index in [4.69, 9.17) is 0 Å². The zero-order valence-corrected chi connectivity index (χ0v) is 14.3. The van der Waals surface area contributed by atoms with E-state index in [-0.39, 0.29) is 23.7 Å². The van der Waals surface area contributed by atoms with Gasteiger partial charge in [0.2, 0.25) is 11.8 Å². The zero-order valence-electron chi connectivity index (χ0n) is 14.3. The van der Waals surface area contributed by atoms with Crippen LogP contribution in [0.2, 0.25) is 0 Å². The Balaban J connectivity index is 1.86. The van der Waals surface area contributed by atoms with Gasteiger partial charge in [-0.05, 0) is 51.0 Å². The van der Waals surface area contributed by atoms with Gasteiger partial charge < -0.3 is 15.5 Å². The van der Waals surface area contributed by atoms with Gasteiger partial charge >= 0.3 is 0 Å². The van der Waals surface area contributed by atoms with E-state index in [1.165, 1.54) is 0 Å². The quantitative estimate of drug-likeness (QED) is 0.775. The maximum absolute atomic E-state index is 12.2. The molecule has 0 heterocycles. The van der Waals surface area contributed by atoms with Crippen LogP contribution in [-0.4, -0.2) is 31.4 Å². The van der Waals surface area contributed by atoms with Crippen molar-refractivity contribution in [1.82, 2.24) is 5.32 Å². The highest BCUT2D eigenvalue weighted by Crippen LogP contribution is 2.39. The van der Waals surface area contributed by atoms with Gasteiger partial charge in [-0.3, -0.25) is 9.59 Å². The van der Waals surface area contributed by atoms with Gasteiger partial charge in [-0.1, -0.05) is 6.92 Å². The highest BCUT2D eigenvalue weighted by atomic mass is 16.2. The van der Waals surface area contributed by atoms with E-state index in [9.17, 15) is 9.59 Å². The predicted octanol–water partition coefficient (Wildman–Crippen LogP) is 2.63. The molecule has 0 spiro atoms. The first-order chi connectivity index (χ1) is 11.1. The van der Waals surface area contributed by atoms with Crippen molar-refractivity contribution in [3.05, 3.63) is 24.3 Å². The number of hydrogen-bond donors (Lipinski definition) is 2. The summed E-state index contributed by atoms with van der Waals surface area (Å²) in [5, 5.41) is 5.76. The number of hydrogen-bond acceptors (Lipinski definition) is 3. The first-order valence-electron chi connectivity index (χ1n) is 8.54. The molecule has 2 atom stereocenters. The molecule has 2 amide bonds. The molecule has 0 bridgehead atoms. The fourth-order valence-electron chi connectivity index (χ4n) is 2.73. The van der Waals surface area contributed by atoms with Crippen molar-refractivity contribution in [3.63, 3.8) is 0 Å². The molecule has 1 aromatic carbocycles. The maximum Gasteiger partial charge on any atom is 0.228 e. The van der Waals surface area contributed by atoms with E-state index in [1.807, 2.05) is 31.2 Å². The summed E-state index contributed by atoms with van der Waals surface area (Å²) in [6.45, 7) is 8.85. The Morgan fingerprint density at radius 3 is 2.22 bits per heavy atom. The van der Waals surface area contributed by atoms with E-state index in [0.717, 1.165) is 30.9 Å². The molecule has 23 heavy (non-hydrogen) atoms. The number of benzene rings is 1. The van der Waals surface area contributed by atoms with Gasteiger partial charge in [0.15, 0.2) is 0 Å². The Hall–Kier alpha value is -2.04. The Labute approximate surface area is 138 Å². The molecule has 1 aliphatic rings. The molecule has 1 aromatic rings. The fourth-order valence-corrected chi connectivity index (χ4v) is 2.73. The van der Waals surface area contributed by atoms with Crippen LogP contribution in [0.4, 0.5) is 11.4 Å². The highest BCUT2D eigenvalue weighted by Gasteiger charge is 2.47. The van der Waals surface area contributed by atoms with Gasteiger partial charge in [0.1, 0.15) is 0 Å². The topological polar surface area (TPSA) is 61.4 Å². The number of rotatable bonds is 8. The van der Waals surface area contributed by atoms with E-state index in [0.29, 0.717) is 13.0 Å². The van der Waals surface area contributed by atoms with Crippen LogP contribution in [0.15, 0.2) is 24.3 Å². The molecule has 0 radical (unpaired) electrons. The van der Waals surface area contributed by atoms with Crippen molar-refractivity contribution in [3.8, 4) is 0 Å². The largest absolute Gasteiger partial charge is 0.372 e. The van der Waals surface area contributed by atoms with Gasteiger partial charge in [-0.25, -0.2) is 0 Å². The lowest BCUT2D eigenvalue weighted by molar-refractivity contribution is -0.125. The Bertz CT molecular complexity index is 538. The molecular formula is C18H27N3O2. The molecule has 2 N–H and O–H groups in total. The third-order valence-corrected chi connectivity index (χ3v) is 4.28. The summed E-state index contributed by atoms with van der Waals surface area (Å²) in [6, 6.07) is 7.86. The minimum absolute atomic E-state index is 0.00359. The SMILES string of the molecule is CCCNC(=O)C1CC1C(=O)Nc1ccc(N(CC)CC)cc1. The normalized spacial score (nSPS) is 19.1. The standard InChI is InChI=1S/C18H27N3O2/c1-4-11-19-17(22)15-12-16(15)18(23)20-13-7-9-14(10-8-13)21(5-2)6-3/h7-10,15-16H,4-6,11-12H2,1-3H3,(H,19,22)(H,20,23).